The smallest absolute Gasteiger partial charge is 0.254 e. The molecule has 1 aliphatic carbocycles. The zero-order chi connectivity index (χ0) is 22.8. The van der Waals surface area contributed by atoms with Crippen molar-refractivity contribution in [3.63, 3.8) is 0 Å². The topological polar surface area (TPSA) is 71.1 Å². The molecule has 1 aliphatic rings. The van der Waals surface area contributed by atoms with Gasteiger partial charge in [0.2, 0.25) is 0 Å². The number of carbonyl (C=O) groups excluding carboxylic acids is 2. The van der Waals surface area contributed by atoms with Gasteiger partial charge in [0.1, 0.15) is 11.6 Å². The number of aromatic nitrogens is 1. The van der Waals surface area contributed by atoms with Crippen LogP contribution >= 0.6 is 11.6 Å². The predicted molar refractivity (Wildman–Crippen MR) is 117 cm³/mol. The first-order valence-electron chi connectivity index (χ1n) is 10.1. The molecule has 1 fully saturated rings. The average molecular weight is 456 g/mol. The minimum Gasteiger partial charge on any atom is -0.349 e. The van der Waals surface area contributed by atoms with Crippen molar-refractivity contribution in [1.82, 2.24) is 15.6 Å². The average Bonchev–Trinajstić information content (AvgIpc) is 3.60. The molecule has 1 aromatic heterocycles. The van der Waals surface area contributed by atoms with Gasteiger partial charge in [-0.2, -0.15) is 0 Å². The third-order valence-electron chi connectivity index (χ3n) is 5.28. The molecule has 0 atom stereocenters. The van der Waals surface area contributed by atoms with Crippen LogP contribution in [0, 0.1) is 18.6 Å². The van der Waals surface area contributed by atoms with Gasteiger partial charge in [0, 0.05) is 24.3 Å². The molecule has 1 heterocycles. The molecule has 32 heavy (non-hydrogen) atoms. The highest BCUT2D eigenvalue weighted by molar-refractivity contribution is 6.30. The number of nitrogens with one attached hydrogen (secondary N) is 2. The Morgan fingerprint density at radius 3 is 2.53 bits per heavy atom. The van der Waals surface area contributed by atoms with Crippen molar-refractivity contribution in [3.05, 3.63) is 87.6 Å². The van der Waals surface area contributed by atoms with Crippen LogP contribution in [-0.4, -0.2) is 22.8 Å². The molecule has 2 amide bonds. The van der Waals surface area contributed by atoms with Crippen molar-refractivity contribution >= 4 is 23.4 Å². The van der Waals surface area contributed by atoms with Crippen LogP contribution in [0.1, 0.15) is 44.7 Å². The molecule has 0 unspecified atom stereocenters. The molecule has 0 bridgehead atoms. The number of amides is 2. The summed E-state index contributed by atoms with van der Waals surface area (Å²) in [4.78, 5) is 28.9. The lowest BCUT2D eigenvalue weighted by Crippen LogP contribution is -2.26. The minimum absolute atomic E-state index is 0.00930. The van der Waals surface area contributed by atoms with E-state index < -0.39 is 17.5 Å². The van der Waals surface area contributed by atoms with Crippen molar-refractivity contribution in [2.24, 2.45) is 0 Å². The standard InChI is InChI=1S/C24H20ClF2N3O2/c1-13-17(6-7-18(22(13)27)24(32)30-16-4-5-16)21-9-3-15(12-28-21)23(31)29-11-14-2-8-20(26)19(25)10-14/h2-3,6-10,12,16H,4-5,11H2,1H3,(H,29,31)(H,30,32). The Bertz CT molecular complexity index is 1190. The second-order valence-electron chi connectivity index (χ2n) is 7.71. The highest BCUT2D eigenvalue weighted by Crippen LogP contribution is 2.27. The molecule has 164 valence electrons. The van der Waals surface area contributed by atoms with Gasteiger partial charge >= 0.3 is 0 Å². The predicted octanol–water partition coefficient (Wildman–Crippen LogP) is 4.81. The molecule has 0 radical (unpaired) electrons. The van der Waals surface area contributed by atoms with E-state index >= 15 is 0 Å². The molecular weight excluding hydrogens is 436 g/mol. The van der Waals surface area contributed by atoms with Gasteiger partial charge in [-0.1, -0.05) is 23.7 Å². The Balaban J connectivity index is 1.45. The first-order chi connectivity index (χ1) is 15.3. The number of pyridine rings is 1. The third kappa shape index (κ3) is 4.78. The monoisotopic (exact) mass is 455 g/mol. The summed E-state index contributed by atoms with van der Waals surface area (Å²) in [7, 11) is 0. The van der Waals surface area contributed by atoms with E-state index in [-0.39, 0.29) is 29.1 Å². The summed E-state index contributed by atoms with van der Waals surface area (Å²) < 4.78 is 28.0. The molecule has 2 N–H and O–H groups in total. The van der Waals surface area contributed by atoms with Gasteiger partial charge in [-0.25, -0.2) is 8.78 Å². The molecule has 0 saturated heterocycles. The Labute approximate surface area is 188 Å². The van der Waals surface area contributed by atoms with Crippen LogP contribution in [0.4, 0.5) is 8.78 Å². The van der Waals surface area contributed by atoms with Crippen molar-refractivity contribution in [2.45, 2.75) is 32.4 Å². The zero-order valence-electron chi connectivity index (χ0n) is 17.2. The van der Waals surface area contributed by atoms with Gasteiger partial charge < -0.3 is 10.6 Å². The molecule has 0 spiro atoms. The summed E-state index contributed by atoms with van der Waals surface area (Å²) in [5.74, 6) is -1.88. The maximum absolute atomic E-state index is 14.8. The van der Waals surface area contributed by atoms with Gasteiger partial charge in [0.05, 0.1) is 21.8 Å². The molecule has 2 aromatic carbocycles. The number of halogens is 3. The van der Waals surface area contributed by atoms with Crippen molar-refractivity contribution in [1.29, 1.82) is 0 Å². The highest BCUT2D eigenvalue weighted by atomic mass is 35.5. The molecule has 4 rings (SSSR count). The van der Waals surface area contributed by atoms with Crippen LogP contribution in [0.25, 0.3) is 11.3 Å². The summed E-state index contributed by atoms with van der Waals surface area (Å²) in [5.41, 5.74) is 2.32. The van der Waals surface area contributed by atoms with Crippen LogP contribution in [0.2, 0.25) is 5.02 Å². The second kappa shape index (κ2) is 9.04. The Morgan fingerprint density at radius 2 is 1.88 bits per heavy atom. The van der Waals surface area contributed by atoms with E-state index in [4.69, 9.17) is 11.6 Å². The first kappa shape index (κ1) is 21.9. The van der Waals surface area contributed by atoms with E-state index in [0.717, 1.165) is 12.8 Å². The number of hydrogen-bond donors (Lipinski definition) is 2. The summed E-state index contributed by atoms with van der Waals surface area (Å²) in [5, 5.41) is 5.49. The lowest BCUT2D eigenvalue weighted by atomic mass is 10.00. The van der Waals surface area contributed by atoms with E-state index in [1.807, 2.05) is 0 Å². The molecule has 5 nitrogen and oxygen atoms in total. The highest BCUT2D eigenvalue weighted by Gasteiger charge is 2.26. The third-order valence-corrected chi connectivity index (χ3v) is 5.57. The lowest BCUT2D eigenvalue weighted by molar-refractivity contribution is 0.0940. The SMILES string of the molecule is Cc1c(-c2ccc(C(=O)NCc3ccc(F)c(Cl)c3)cn2)ccc(C(=O)NC2CC2)c1F. The number of hydrogen-bond acceptors (Lipinski definition) is 3. The fraction of sp³-hybridized carbons (Fsp3) is 0.208. The quantitative estimate of drug-likeness (QED) is 0.560. The van der Waals surface area contributed by atoms with E-state index in [1.165, 1.54) is 30.5 Å². The fourth-order valence-corrected chi connectivity index (χ4v) is 3.45. The summed E-state index contributed by atoms with van der Waals surface area (Å²) >= 11 is 5.75. The minimum atomic E-state index is -0.581. The van der Waals surface area contributed by atoms with Crippen LogP contribution in [-0.2, 0) is 6.54 Å². The van der Waals surface area contributed by atoms with Gasteiger partial charge in [-0.05, 0) is 61.2 Å². The molecule has 3 aromatic rings. The van der Waals surface area contributed by atoms with E-state index in [2.05, 4.69) is 15.6 Å². The van der Waals surface area contributed by atoms with Gasteiger partial charge in [0.15, 0.2) is 0 Å². The molecular formula is C24H20ClF2N3O2. The van der Waals surface area contributed by atoms with Crippen LogP contribution in [0.15, 0.2) is 48.7 Å². The van der Waals surface area contributed by atoms with E-state index in [0.29, 0.717) is 27.9 Å². The molecule has 8 heteroatoms. The first-order valence-corrected chi connectivity index (χ1v) is 10.5. The second-order valence-corrected chi connectivity index (χ2v) is 8.12. The van der Waals surface area contributed by atoms with Crippen LogP contribution in [0.5, 0.6) is 0 Å². The molecule has 1 saturated carbocycles. The number of benzene rings is 2. The molecule has 0 aliphatic heterocycles. The number of rotatable bonds is 6. The fourth-order valence-electron chi connectivity index (χ4n) is 3.25. The van der Waals surface area contributed by atoms with Crippen LogP contribution in [0.3, 0.4) is 0 Å². The normalized spacial score (nSPS) is 13.0. The summed E-state index contributed by atoms with van der Waals surface area (Å²) in [6.07, 6.45) is 3.24. The van der Waals surface area contributed by atoms with Crippen LogP contribution < -0.4 is 10.6 Å². The van der Waals surface area contributed by atoms with Crippen molar-refractivity contribution < 1.29 is 18.4 Å². The van der Waals surface area contributed by atoms with Crippen molar-refractivity contribution in [3.8, 4) is 11.3 Å². The maximum atomic E-state index is 14.8. The maximum Gasteiger partial charge on any atom is 0.254 e. The summed E-state index contributed by atoms with van der Waals surface area (Å²) in [6.45, 7) is 1.77. The lowest BCUT2D eigenvalue weighted by Gasteiger charge is -2.11. The van der Waals surface area contributed by atoms with Gasteiger partial charge in [0.25, 0.3) is 11.8 Å². The largest absolute Gasteiger partial charge is 0.349 e. The Morgan fingerprint density at radius 1 is 1.09 bits per heavy atom. The van der Waals surface area contributed by atoms with E-state index in [9.17, 15) is 18.4 Å². The van der Waals surface area contributed by atoms with Gasteiger partial charge in [-0.15, -0.1) is 0 Å². The van der Waals surface area contributed by atoms with E-state index in [1.54, 1.807) is 25.1 Å². The Kier molecular flexibility index (Phi) is 6.19. The zero-order valence-corrected chi connectivity index (χ0v) is 18.0. The van der Waals surface area contributed by atoms with Crippen molar-refractivity contribution in [2.75, 3.05) is 0 Å². The summed E-state index contributed by atoms with van der Waals surface area (Å²) in [6, 6.07) is 10.7. The van der Waals surface area contributed by atoms with Gasteiger partial charge in [-0.3, -0.25) is 14.6 Å². The number of carbonyl (C=O) groups is 2. The number of nitrogens with zero attached hydrogens (tertiary/aromatic N) is 1. The Hall–Kier alpha value is -3.32.